The minimum Gasteiger partial charge on any atom is -0.493 e. The van der Waals surface area contributed by atoms with Crippen LogP contribution in [-0.4, -0.2) is 17.8 Å². The summed E-state index contributed by atoms with van der Waals surface area (Å²) in [4.78, 5) is 8.38. The largest absolute Gasteiger partial charge is 0.493 e. The van der Waals surface area contributed by atoms with E-state index >= 15 is 0 Å². The van der Waals surface area contributed by atoms with E-state index in [-0.39, 0.29) is 0 Å². The number of hydrogen-bond acceptors (Lipinski definition) is 3. The number of aromatic nitrogens is 1. The molecule has 0 atom stereocenters. The summed E-state index contributed by atoms with van der Waals surface area (Å²) in [7, 11) is 0. The molecular weight excluding hydrogens is 339 g/mol. The number of halogens is 1. The maximum Gasteiger partial charge on any atom is 0.132 e. The van der Waals surface area contributed by atoms with Crippen LogP contribution in [0.1, 0.15) is 12.5 Å². The van der Waals surface area contributed by atoms with Gasteiger partial charge in [-0.05, 0) is 65.4 Å². The van der Waals surface area contributed by atoms with E-state index in [2.05, 4.69) is 32.6 Å². The molecular formula is C14H13IN2O. The standard InChI is InChI=1S/C14H13IN2O/c1-2-18-14-6-5-11(8-13(14)15)9-17-12-4-3-7-16-10-12/h3-10H,2H2,1H3. The highest BCUT2D eigenvalue weighted by Crippen LogP contribution is 2.21. The van der Waals surface area contributed by atoms with Gasteiger partial charge in [0.15, 0.2) is 0 Å². The van der Waals surface area contributed by atoms with Crippen molar-refractivity contribution in [2.45, 2.75) is 6.92 Å². The van der Waals surface area contributed by atoms with E-state index in [4.69, 9.17) is 4.74 Å². The van der Waals surface area contributed by atoms with Gasteiger partial charge >= 0.3 is 0 Å². The Hall–Kier alpha value is -1.43. The average molecular weight is 352 g/mol. The fourth-order valence-corrected chi connectivity index (χ4v) is 2.14. The van der Waals surface area contributed by atoms with Crippen molar-refractivity contribution >= 4 is 34.5 Å². The Labute approximate surface area is 120 Å². The van der Waals surface area contributed by atoms with Crippen LogP contribution in [0.5, 0.6) is 5.75 Å². The minimum atomic E-state index is 0.680. The highest BCUT2D eigenvalue weighted by atomic mass is 127. The Morgan fingerprint density at radius 1 is 1.39 bits per heavy atom. The Balaban J connectivity index is 2.15. The number of pyridine rings is 1. The predicted octanol–water partition coefficient (Wildman–Crippen LogP) is 3.84. The van der Waals surface area contributed by atoms with Crippen LogP contribution in [0, 0.1) is 3.57 Å². The molecule has 2 aromatic rings. The lowest BCUT2D eigenvalue weighted by Gasteiger charge is -2.05. The molecule has 1 aromatic carbocycles. The Morgan fingerprint density at radius 2 is 2.28 bits per heavy atom. The molecule has 0 N–H and O–H groups in total. The molecule has 92 valence electrons. The number of hydrogen-bond donors (Lipinski definition) is 0. The van der Waals surface area contributed by atoms with E-state index in [1.807, 2.05) is 43.5 Å². The number of aliphatic imine (C=N–C) groups is 1. The molecule has 0 bridgehead atoms. The number of nitrogens with zero attached hydrogens (tertiary/aromatic N) is 2. The first-order chi connectivity index (χ1) is 8.79. The Kier molecular flexibility index (Phi) is 4.69. The van der Waals surface area contributed by atoms with E-state index in [0.717, 1.165) is 20.6 Å². The molecule has 0 unspecified atom stereocenters. The average Bonchev–Trinajstić information content (AvgIpc) is 2.41. The normalized spacial score (nSPS) is 10.8. The molecule has 1 aromatic heterocycles. The molecule has 0 aliphatic heterocycles. The lowest BCUT2D eigenvalue weighted by atomic mass is 10.2. The summed E-state index contributed by atoms with van der Waals surface area (Å²) in [6.07, 6.45) is 5.30. The van der Waals surface area contributed by atoms with Gasteiger partial charge in [-0.1, -0.05) is 0 Å². The molecule has 0 spiro atoms. The summed E-state index contributed by atoms with van der Waals surface area (Å²) >= 11 is 2.26. The fraction of sp³-hybridized carbons (Fsp3) is 0.143. The second-order valence-electron chi connectivity index (χ2n) is 3.59. The van der Waals surface area contributed by atoms with Gasteiger partial charge in [-0.3, -0.25) is 9.98 Å². The minimum absolute atomic E-state index is 0.680. The first-order valence-electron chi connectivity index (χ1n) is 5.66. The first kappa shape index (κ1) is 13.0. The maximum atomic E-state index is 5.49. The van der Waals surface area contributed by atoms with Gasteiger partial charge in [0.1, 0.15) is 5.75 Å². The van der Waals surface area contributed by atoms with E-state index in [1.54, 1.807) is 12.4 Å². The zero-order valence-corrected chi connectivity index (χ0v) is 12.2. The number of ether oxygens (including phenoxy) is 1. The zero-order chi connectivity index (χ0) is 12.8. The SMILES string of the molecule is CCOc1ccc(C=Nc2cccnc2)cc1I. The molecule has 3 nitrogen and oxygen atoms in total. The van der Waals surface area contributed by atoms with Gasteiger partial charge in [0.25, 0.3) is 0 Å². The maximum absolute atomic E-state index is 5.49. The van der Waals surface area contributed by atoms with Crippen molar-refractivity contribution in [1.29, 1.82) is 0 Å². The van der Waals surface area contributed by atoms with Gasteiger partial charge in [-0.15, -0.1) is 0 Å². The van der Waals surface area contributed by atoms with E-state index in [1.165, 1.54) is 0 Å². The van der Waals surface area contributed by atoms with Crippen LogP contribution in [0.4, 0.5) is 5.69 Å². The smallest absolute Gasteiger partial charge is 0.132 e. The monoisotopic (exact) mass is 352 g/mol. The van der Waals surface area contributed by atoms with Gasteiger partial charge in [0.05, 0.1) is 22.1 Å². The topological polar surface area (TPSA) is 34.5 Å². The second kappa shape index (κ2) is 6.49. The Bertz CT molecular complexity index is 541. The number of benzene rings is 1. The van der Waals surface area contributed by atoms with Gasteiger partial charge < -0.3 is 4.74 Å². The number of rotatable bonds is 4. The Morgan fingerprint density at radius 3 is 2.94 bits per heavy atom. The molecule has 0 aliphatic carbocycles. The lowest BCUT2D eigenvalue weighted by Crippen LogP contribution is -1.94. The third-order valence-electron chi connectivity index (χ3n) is 2.26. The third kappa shape index (κ3) is 3.53. The van der Waals surface area contributed by atoms with Crippen LogP contribution >= 0.6 is 22.6 Å². The van der Waals surface area contributed by atoms with Crippen molar-refractivity contribution in [3.8, 4) is 5.75 Å². The quantitative estimate of drug-likeness (QED) is 0.619. The molecule has 0 fully saturated rings. The van der Waals surface area contributed by atoms with Crippen LogP contribution in [0.3, 0.4) is 0 Å². The van der Waals surface area contributed by atoms with Crippen molar-refractivity contribution in [3.63, 3.8) is 0 Å². The molecule has 0 saturated heterocycles. The molecule has 0 amide bonds. The van der Waals surface area contributed by atoms with Gasteiger partial charge in [0.2, 0.25) is 0 Å². The van der Waals surface area contributed by atoms with Crippen LogP contribution in [0.2, 0.25) is 0 Å². The summed E-state index contributed by atoms with van der Waals surface area (Å²) in [6.45, 7) is 2.66. The molecule has 0 radical (unpaired) electrons. The highest BCUT2D eigenvalue weighted by molar-refractivity contribution is 14.1. The predicted molar refractivity (Wildman–Crippen MR) is 81.8 cm³/mol. The molecule has 2 rings (SSSR count). The fourth-order valence-electron chi connectivity index (χ4n) is 1.45. The summed E-state index contributed by atoms with van der Waals surface area (Å²) in [5, 5.41) is 0. The molecule has 4 heteroatoms. The summed E-state index contributed by atoms with van der Waals surface area (Å²) < 4.78 is 6.58. The van der Waals surface area contributed by atoms with Crippen molar-refractivity contribution in [3.05, 3.63) is 51.9 Å². The van der Waals surface area contributed by atoms with Crippen molar-refractivity contribution in [2.75, 3.05) is 6.61 Å². The summed E-state index contributed by atoms with van der Waals surface area (Å²) in [5.74, 6) is 0.914. The van der Waals surface area contributed by atoms with Crippen LogP contribution < -0.4 is 4.74 Å². The lowest BCUT2D eigenvalue weighted by molar-refractivity contribution is 0.338. The van der Waals surface area contributed by atoms with Crippen molar-refractivity contribution in [2.24, 2.45) is 4.99 Å². The van der Waals surface area contributed by atoms with Crippen LogP contribution in [0.15, 0.2) is 47.7 Å². The zero-order valence-electron chi connectivity index (χ0n) is 10.0. The molecule has 0 saturated carbocycles. The van der Waals surface area contributed by atoms with Gasteiger partial charge in [-0.25, -0.2) is 0 Å². The molecule has 0 aliphatic rings. The van der Waals surface area contributed by atoms with Gasteiger partial charge in [0, 0.05) is 12.4 Å². The second-order valence-corrected chi connectivity index (χ2v) is 4.75. The third-order valence-corrected chi connectivity index (χ3v) is 3.11. The van der Waals surface area contributed by atoms with Crippen LogP contribution in [0.25, 0.3) is 0 Å². The van der Waals surface area contributed by atoms with Crippen molar-refractivity contribution < 1.29 is 4.74 Å². The summed E-state index contributed by atoms with van der Waals surface area (Å²) in [6, 6.07) is 9.80. The van der Waals surface area contributed by atoms with E-state index in [0.29, 0.717) is 6.61 Å². The first-order valence-corrected chi connectivity index (χ1v) is 6.74. The van der Waals surface area contributed by atoms with E-state index in [9.17, 15) is 0 Å². The van der Waals surface area contributed by atoms with Crippen molar-refractivity contribution in [1.82, 2.24) is 4.98 Å². The molecule has 1 heterocycles. The van der Waals surface area contributed by atoms with E-state index < -0.39 is 0 Å². The van der Waals surface area contributed by atoms with Crippen LogP contribution in [-0.2, 0) is 0 Å². The molecule has 18 heavy (non-hydrogen) atoms. The highest BCUT2D eigenvalue weighted by Gasteiger charge is 2.00. The van der Waals surface area contributed by atoms with Gasteiger partial charge in [-0.2, -0.15) is 0 Å². The summed E-state index contributed by atoms with van der Waals surface area (Å²) in [5.41, 5.74) is 1.90.